The lowest BCUT2D eigenvalue weighted by Gasteiger charge is -2.32. The fraction of sp³-hybridized carbons (Fsp3) is 0.400. The molecule has 1 aromatic carbocycles. The van der Waals surface area contributed by atoms with Gasteiger partial charge in [0.15, 0.2) is 0 Å². The Bertz CT molecular complexity index is 962. The Kier molecular flexibility index (Phi) is 5.10. The van der Waals surface area contributed by atoms with Crippen LogP contribution in [0.15, 0.2) is 35.1 Å². The number of nitrogens with zero attached hydrogens (tertiary/aromatic N) is 4. The number of aromatic nitrogens is 3. The maximum atomic E-state index is 12.6. The van der Waals surface area contributed by atoms with Crippen molar-refractivity contribution < 1.29 is 14.1 Å². The number of rotatable bonds is 5. The van der Waals surface area contributed by atoms with Crippen LogP contribution in [-0.2, 0) is 11.3 Å². The average molecular weight is 381 g/mol. The zero-order valence-electron chi connectivity index (χ0n) is 16.0. The summed E-state index contributed by atoms with van der Waals surface area (Å²) in [5.41, 5.74) is 2.34. The predicted molar refractivity (Wildman–Crippen MR) is 104 cm³/mol. The average Bonchev–Trinajstić information content (AvgIpc) is 3.13. The van der Waals surface area contributed by atoms with Crippen LogP contribution in [0, 0.1) is 12.8 Å². The van der Waals surface area contributed by atoms with Crippen LogP contribution in [0.4, 0.5) is 5.82 Å². The molecular weight excluding hydrogens is 358 g/mol. The van der Waals surface area contributed by atoms with Crippen molar-refractivity contribution in [2.75, 3.05) is 25.1 Å². The quantitative estimate of drug-likeness (QED) is 0.725. The monoisotopic (exact) mass is 381 g/mol. The summed E-state index contributed by atoms with van der Waals surface area (Å²) in [5, 5.41) is 7.88. The van der Waals surface area contributed by atoms with Gasteiger partial charge in [0.05, 0.1) is 12.8 Å². The van der Waals surface area contributed by atoms with Crippen molar-refractivity contribution in [3.8, 4) is 5.75 Å². The van der Waals surface area contributed by atoms with Crippen molar-refractivity contribution >= 4 is 22.8 Å². The molecule has 0 saturated carbocycles. The van der Waals surface area contributed by atoms with E-state index in [9.17, 15) is 4.79 Å². The molecule has 8 nitrogen and oxygen atoms in total. The standard InChI is InChI=1S/C20H23N5O3/c1-13-17-18(22-12-23-20(17)28-24-13)25-9-7-15(8-10-25)19(26)21-11-14-3-5-16(27-2)6-4-14/h3-6,12,15H,7-11H2,1-2H3,(H,21,26). The van der Waals surface area contributed by atoms with E-state index in [4.69, 9.17) is 9.26 Å². The number of aryl methyl sites for hydroxylation is 1. The van der Waals surface area contributed by atoms with Crippen molar-refractivity contribution in [3.05, 3.63) is 41.9 Å². The first-order chi connectivity index (χ1) is 13.7. The minimum atomic E-state index is 0.00963. The largest absolute Gasteiger partial charge is 0.497 e. The summed E-state index contributed by atoms with van der Waals surface area (Å²) in [6, 6.07) is 7.72. The highest BCUT2D eigenvalue weighted by Crippen LogP contribution is 2.29. The third-order valence-electron chi connectivity index (χ3n) is 5.21. The number of methoxy groups -OCH3 is 1. The van der Waals surface area contributed by atoms with Gasteiger partial charge in [-0.3, -0.25) is 4.79 Å². The Morgan fingerprint density at radius 2 is 2.00 bits per heavy atom. The Morgan fingerprint density at radius 3 is 2.71 bits per heavy atom. The summed E-state index contributed by atoms with van der Waals surface area (Å²) < 4.78 is 10.4. The number of hydrogen-bond acceptors (Lipinski definition) is 7. The van der Waals surface area contributed by atoms with Crippen molar-refractivity contribution in [3.63, 3.8) is 0 Å². The van der Waals surface area contributed by atoms with Gasteiger partial charge in [-0.2, -0.15) is 4.98 Å². The first-order valence-electron chi connectivity index (χ1n) is 9.38. The van der Waals surface area contributed by atoms with Crippen LogP contribution in [0.5, 0.6) is 5.75 Å². The highest BCUT2D eigenvalue weighted by Gasteiger charge is 2.27. The number of carbonyl (C=O) groups is 1. The fourth-order valence-electron chi connectivity index (χ4n) is 3.57. The van der Waals surface area contributed by atoms with Gasteiger partial charge < -0.3 is 19.5 Å². The second kappa shape index (κ2) is 7.84. The molecule has 1 N–H and O–H groups in total. The van der Waals surface area contributed by atoms with E-state index in [2.05, 4.69) is 25.3 Å². The van der Waals surface area contributed by atoms with E-state index in [1.165, 1.54) is 6.33 Å². The van der Waals surface area contributed by atoms with Crippen molar-refractivity contribution in [2.24, 2.45) is 5.92 Å². The molecule has 0 bridgehead atoms. The Labute approximate surface area is 162 Å². The van der Waals surface area contributed by atoms with Crippen LogP contribution < -0.4 is 15.0 Å². The second-order valence-corrected chi connectivity index (χ2v) is 6.97. The van der Waals surface area contributed by atoms with E-state index >= 15 is 0 Å². The van der Waals surface area contributed by atoms with Crippen LogP contribution >= 0.6 is 0 Å². The fourth-order valence-corrected chi connectivity index (χ4v) is 3.57. The smallest absolute Gasteiger partial charge is 0.263 e. The van der Waals surface area contributed by atoms with Crippen LogP contribution in [0.1, 0.15) is 24.1 Å². The molecule has 1 fully saturated rings. The molecule has 0 aliphatic carbocycles. The molecule has 4 rings (SSSR count). The van der Waals surface area contributed by atoms with Gasteiger partial charge in [0.2, 0.25) is 5.91 Å². The van der Waals surface area contributed by atoms with E-state index in [0.717, 1.165) is 54.1 Å². The molecule has 1 aliphatic heterocycles. The van der Waals surface area contributed by atoms with Crippen LogP contribution in [0.3, 0.4) is 0 Å². The zero-order chi connectivity index (χ0) is 19.5. The number of ether oxygens (including phenoxy) is 1. The van der Waals surface area contributed by atoms with Gasteiger partial charge in [-0.1, -0.05) is 17.3 Å². The lowest BCUT2D eigenvalue weighted by Crippen LogP contribution is -2.40. The van der Waals surface area contributed by atoms with E-state index in [1.54, 1.807) is 7.11 Å². The maximum absolute atomic E-state index is 12.6. The number of benzene rings is 1. The number of amides is 1. The van der Waals surface area contributed by atoms with Gasteiger partial charge in [0.25, 0.3) is 5.71 Å². The molecule has 8 heteroatoms. The third kappa shape index (κ3) is 3.62. The second-order valence-electron chi connectivity index (χ2n) is 6.97. The third-order valence-corrected chi connectivity index (χ3v) is 5.21. The topological polar surface area (TPSA) is 93.4 Å². The van der Waals surface area contributed by atoms with Crippen molar-refractivity contribution in [1.82, 2.24) is 20.4 Å². The Morgan fingerprint density at radius 1 is 1.25 bits per heavy atom. The van der Waals surface area contributed by atoms with E-state index in [1.807, 2.05) is 31.2 Å². The van der Waals surface area contributed by atoms with E-state index in [0.29, 0.717) is 12.3 Å². The number of piperidine rings is 1. The molecule has 0 unspecified atom stereocenters. The van der Waals surface area contributed by atoms with Gasteiger partial charge >= 0.3 is 0 Å². The van der Waals surface area contributed by atoms with Crippen LogP contribution in [-0.4, -0.2) is 41.2 Å². The molecule has 0 atom stereocenters. The van der Waals surface area contributed by atoms with Gasteiger partial charge in [-0.25, -0.2) is 4.98 Å². The highest BCUT2D eigenvalue weighted by molar-refractivity contribution is 5.88. The van der Waals surface area contributed by atoms with Crippen LogP contribution in [0.2, 0.25) is 0 Å². The first-order valence-corrected chi connectivity index (χ1v) is 9.38. The van der Waals surface area contributed by atoms with Crippen LogP contribution in [0.25, 0.3) is 11.1 Å². The van der Waals surface area contributed by atoms with Gasteiger partial charge in [0.1, 0.15) is 23.3 Å². The molecule has 0 radical (unpaired) electrons. The Hall–Kier alpha value is -3.16. The molecule has 3 aromatic rings. The summed E-state index contributed by atoms with van der Waals surface area (Å²) in [7, 11) is 1.64. The lowest BCUT2D eigenvalue weighted by atomic mass is 9.95. The molecule has 3 heterocycles. The minimum Gasteiger partial charge on any atom is -0.497 e. The highest BCUT2D eigenvalue weighted by atomic mass is 16.5. The number of anilines is 1. The summed E-state index contributed by atoms with van der Waals surface area (Å²) in [6.07, 6.45) is 3.06. The first kappa shape index (κ1) is 18.2. The lowest BCUT2D eigenvalue weighted by molar-refractivity contribution is -0.125. The number of fused-ring (bicyclic) bond motifs is 1. The number of carbonyl (C=O) groups excluding carboxylic acids is 1. The SMILES string of the molecule is COc1ccc(CNC(=O)C2CCN(c3ncnc4onc(C)c34)CC2)cc1. The number of nitrogens with one attached hydrogen (secondary N) is 1. The van der Waals surface area contributed by atoms with E-state index in [-0.39, 0.29) is 11.8 Å². The number of hydrogen-bond donors (Lipinski definition) is 1. The molecular formula is C20H23N5O3. The molecule has 146 valence electrons. The predicted octanol–water partition coefficient (Wildman–Crippen LogP) is 2.47. The summed E-state index contributed by atoms with van der Waals surface area (Å²) in [4.78, 5) is 23.3. The maximum Gasteiger partial charge on any atom is 0.263 e. The minimum absolute atomic E-state index is 0.00963. The Balaban J connectivity index is 1.34. The summed E-state index contributed by atoms with van der Waals surface area (Å²) >= 11 is 0. The molecule has 28 heavy (non-hydrogen) atoms. The van der Waals surface area contributed by atoms with Gasteiger partial charge in [-0.05, 0) is 37.5 Å². The van der Waals surface area contributed by atoms with Gasteiger partial charge in [-0.15, -0.1) is 0 Å². The van der Waals surface area contributed by atoms with E-state index < -0.39 is 0 Å². The molecule has 1 amide bonds. The molecule has 1 aliphatic rings. The normalized spacial score (nSPS) is 15.0. The zero-order valence-corrected chi connectivity index (χ0v) is 16.0. The van der Waals surface area contributed by atoms with Crippen molar-refractivity contribution in [2.45, 2.75) is 26.3 Å². The summed E-state index contributed by atoms with van der Waals surface area (Å²) in [6.45, 7) is 3.93. The van der Waals surface area contributed by atoms with Gasteiger partial charge in [0, 0.05) is 25.6 Å². The summed E-state index contributed by atoms with van der Waals surface area (Å²) in [5.74, 6) is 1.75. The molecule has 1 saturated heterocycles. The molecule has 2 aromatic heterocycles. The van der Waals surface area contributed by atoms with Crippen molar-refractivity contribution in [1.29, 1.82) is 0 Å². The molecule has 0 spiro atoms.